The molecule has 1 atom stereocenters. The van der Waals surface area contributed by atoms with Crippen LogP contribution in [0.1, 0.15) is 56.2 Å². The molecule has 1 spiro atoms. The van der Waals surface area contributed by atoms with Gasteiger partial charge in [0.2, 0.25) is 5.95 Å². The van der Waals surface area contributed by atoms with Gasteiger partial charge in [-0.25, -0.2) is 9.97 Å². The van der Waals surface area contributed by atoms with E-state index >= 15 is 0 Å². The molecule has 26 heavy (non-hydrogen) atoms. The highest BCUT2D eigenvalue weighted by Crippen LogP contribution is 2.44. The Morgan fingerprint density at radius 1 is 1.27 bits per heavy atom. The third-order valence-corrected chi connectivity index (χ3v) is 5.85. The van der Waals surface area contributed by atoms with Crippen molar-refractivity contribution in [2.45, 2.75) is 57.5 Å². The molecule has 0 N–H and O–H groups in total. The average Bonchev–Trinajstić information content (AvgIpc) is 3.21. The van der Waals surface area contributed by atoms with Gasteiger partial charge in [0.15, 0.2) is 0 Å². The Balaban J connectivity index is 1.58. The molecule has 1 aliphatic heterocycles. The lowest BCUT2D eigenvalue weighted by Gasteiger charge is -2.40. The Morgan fingerprint density at radius 3 is 2.88 bits per heavy atom. The molecule has 1 unspecified atom stereocenters. The van der Waals surface area contributed by atoms with Crippen molar-refractivity contribution in [1.29, 1.82) is 0 Å². The number of hydrogen-bond donors (Lipinski definition) is 0. The molecule has 0 bridgehead atoms. The standard InChI is InChI=1S/C19H29N7/c1-14(2)26-13-21-23-16(26)11-25-9-5-7-19(12-25)8-6-15-10-20-18(24(3)4)22-17(15)19/h10,13-14H,5-9,11-12H2,1-4H3. The molecule has 2 aliphatic rings. The summed E-state index contributed by atoms with van der Waals surface area (Å²) in [6, 6.07) is 0.390. The van der Waals surface area contributed by atoms with Crippen molar-refractivity contribution in [3.05, 3.63) is 29.6 Å². The summed E-state index contributed by atoms with van der Waals surface area (Å²) in [5.74, 6) is 1.88. The van der Waals surface area contributed by atoms with Crippen LogP contribution in [-0.2, 0) is 18.4 Å². The summed E-state index contributed by atoms with van der Waals surface area (Å²) in [7, 11) is 4.02. The van der Waals surface area contributed by atoms with Crippen LogP contribution in [0.5, 0.6) is 0 Å². The van der Waals surface area contributed by atoms with E-state index in [1.54, 1.807) is 0 Å². The monoisotopic (exact) mass is 355 g/mol. The molecule has 0 amide bonds. The summed E-state index contributed by atoms with van der Waals surface area (Å²) < 4.78 is 2.18. The fourth-order valence-electron chi connectivity index (χ4n) is 4.52. The smallest absolute Gasteiger partial charge is 0.225 e. The van der Waals surface area contributed by atoms with Crippen molar-refractivity contribution >= 4 is 5.95 Å². The molecular weight excluding hydrogens is 326 g/mol. The molecule has 0 saturated carbocycles. The van der Waals surface area contributed by atoms with Crippen molar-refractivity contribution in [2.24, 2.45) is 0 Å². The van der Waals surface area contributed by atoms with E-state index in [2.05, 4.69) is 38.5 Å². The lowest BCUT2D eigenvalue weighted by atomic mass is 9.77. The van der Waals surface area contributed by atoms with Crippen LogP contribution in [0.4, 0.5) is 5.95 Å². The zero-order valence-electron chi connectivity index (χ0n) is 16.3. The van der Waals surface area contributed by atoms with E-state index in [4.69, 9.17) is 4.98 Å². The van der Waals surface area contributed by atoms with Crippen molar-refractivity contribution in [3.63, 3.8) is 0 Å². The number of nitrogens with zero attached hydrogens (tertiary/aromatic N) is 7. The van der Waals surface area contributed by atoms with E-state index in [1.807, 2.05) is 31.5 Å². The van der Waals surface area contributed by atoms with Gasteiger partial charge in [0.05, 0.1) is 12.2 Å². The van der Waals surface area contributed by atoms with E-state index in [-0.39, 0.29) is 5.41 Å². The van der Waals surface area contributed by atoms with E-state index in [0.717, 1.165) is 37.8 Å². The highest BCUT2D eigenvalue weighted by atomic mass is 15.3. The zero-order valence-corrected chi connectivity index (χ0v) is 16.3. The van der Waals surface area contributed by atoms with Crippen LogP contribution in [0.15, 0.2) is 12.5 Å². The van der Waals surface area contributed by atoms with Crippen molar-refractivity contribution in [2.75, 3.05) is 32.1 Å². The van der Waals surface area contributed by atoms with Crippen LogP contribution in [0.25, 0.3) is 0 Å². The third kappa shape index (κ3) is 2.98. The summed E-state index contributed by atoms with van der Waals surface area (Å²) >= 11 is 0. The molecular formula is C19H29N7. The number of fused-ring (bicyclic) bond motifs is 2. The van der Waals surface area contributed by atoms with E-state index < -0.39 is 0 Å². The molecule has 2 aromatic rings. The second-order valence-corrected chi connectivity index (χ2v) is 8.28. The molecule has 140 valence electrons. The highest BCUT2D eigenvalue weighted by molar-refractivity contribution is 5.39. The lowest BCUT2D eigenvalue weighted by Crippen LogP contribution is -2.45. The van der Waals surface area contributed by atoms with Crippen LogP contribution in [0, 0.1) is 0 Å². The van der Waals surface area contributed by atoms with Gasteiger partial charge in [-0.3, -0.25) is 4.90 Å². The number of anilines is 1. The number of piperidine rings is 1. The number of hydrogen-bond acceptors (Lipinski definition) is 6. The lowest BCUT2D eigenvalue weighted by molar-refractivity contribution is 0.132. The predicted octanol–water partition coefficient (Wildman–Crippen LogP) is 2.20. The van der Waals surface area contributed by atoms with Gasteiger partial charge in [-0.05, 0) is 51.6 Å². The van der Waals surface area contributed by atoms with Crippen molar-refractivity contribution in [3.8, 4) is 0 Å². The van der Waals surface area contributed by atoms with E-state index in [0.29, 0.717) is 6.04 Å². The summed E-state index contributed by atoms with van der Waals surface area (Å²) in [4.78, 5) is 14.0. The second-order valence-electron chi connectivity index (χ2n) is 8.28. The second kappa shape index (κ2) is 6.61. The molecule has 1 fully saturated rings. The van der Waals surface area contributed by atoms with Crippen LogP contribution < -0.4 is 4.90 Å². The van der Waals surface area contributed by atoms with Crippen molar-refractivity contribution in [1.82, 2.24) is 29.6 Å². The maximum atomic E-state index is 4.96. The molecule has 7 heteroatoms. The van der Waals surface area contributed by atoms with Gasteiger partial charge < -0.3 is 9.47 Å². The summed E-state index contributed by atoms with van der Waals surface area (Å²) in [5.41, 5.74) is 2.79. The Bertz CT molecular complexity index is 778. The molecule has 1 aliphatic carbocycles. The fourth-order valence-corrected chi connectivity index (χ4v) is 4.52. The topological polar surface area (TPSA) is 63.0 Å². The van der Waals surface area contributed by atoms with Crippen LogP contribution in [0.3, 0.4) is 0 Å². The Kier molecular flexibility index (Phi) is 4.42. The molecule has 2 aromatic heterocycles. The number of likely N-dealkylation sites (tertiary alicyclic amines) is 1. The van der Waals surface area contributed by atoms with Gasteiger partial charge >= 0.3 is 0 Å². The third-order valence-electron chi connectivity index (χ3n) is 5.85. The molecule has 1 saturated heterocycles. The molecule has 4 rings (SSSR count). The Labute approximate surface area is 155 Å². The van der Waals surface area contributed by atoms with Crippen molar-refractivity contribution < 1.29 is 0 Å². The maximum absolute atomic E-state index is 4.96. The molecule has 0 aromatic carbocycles. The summed E-state index contributed by atoms with van der Waals surface area (Å²) in [6.45, 7) is 7.39. The maximum Gasteiger partial charge on any atom is 0.225 e. The highest BCUT2D eigenvalue weighted by Gasteiger charge is 2.44. The Hall–Kier alpha value is -2.02. The van der Waals surface area contributed by atoms with Gasteiger partial charge in [0.25, 0.3) is 0 Å². The first-order valence-electron chi connectivity index (χ1n) is 9.63. The molecule has 0 radical (unpaired) electrons. The summed E-state index contributed by atoms with van der Waals surface area (Å²) in [5, 5.41) is 8.49. The van der Waals surface area contributed by atoms with Gasteiger partial charge in [0, 0.05) is 38.3 Å². The minimum Gasteiger partial charge on any atom is -0.347 e. The van der Waals surface area contributed by atoms with Gasteiger partial charge in [-0.15, -0.1) is 10.2 Å². The first-order valence-corrected chi connectivity index (χ1v) is 9.63. The molecule has 7 nitrogen and oxygen atoms in total. The molecule has 3 heterocycles. The first kappa shape index (κ1) is 17.4. The van der Waals surface area contributed by atoms with Gasteiger partial charge in [0.1, 0.15) is 12.2 Å². The van der Waals surface area contributed by atoms with E-state index in [9.17, 15) is 0 Å². The minimum absolute atomic E-state index is 0.171. The van der Waals surface area contributed by atoms with Crippen LogP contribution in [0.2, 0.25) is 0 Å². The van der Waals surface area contributed by atoms with E-state index in [1.165, 1.54) is 30.5 Å². The number of aryl methyl sites for hydroxylation is 1. The summed E-state index contributed by atoms with van der Waals surface area (Å²) in [6.07, 6.45) is 8.59. The van der Waals surface area contributed by atoms with Gasteiger partial charge in [-0.1, -0.05) is 0 Å². The number of aromatic nitrogens is 5. The van der Waals surface area contributed by atoms with Gasteiger partial charge in [-0.2, -0.15) is 0 Å². The zero-order chi connectivity index (χ0) is 18.3. The quantitative estimate of drug-likeness (QED) is 0.838. The minimum atomic E-state index is 0.171. The Morgan fingerprint density at radius 2 is 2.12 bits per heavy atom. The number of rotatable bonds is 4. The predicted molar refractivity (Wildman–Crippen MR) is 101 cm³/mol. The van der Waals surface area contributed by atoms with Crippen LogP contribution >= 0.6 is 0 Å². The largest absolute Gasteiger partial charge is 0.347 e. The first-order chi connectivity index (χ1) is 12.5. The fraction of sp³-hybridized carbons (Fsp3) is 0.684. The SMILES string of the molecule is CC(C)n1cnnc1CN1CCCC2(CCc3cnc(N(C)C)nc32)C1. The van der Waals surface area contributed by atoms with Crippen LogP contribution in [-0.4, -0.2) is 56.8 Å². The average molecular weight is 355 g/mol. The normalized spacial score (nSPS) is 23.0.